The topological polar surface area (TPSA) is 95.9 Å². The fourth-order valence-electron chi connectivity index (χ4n) is 9.49. The number of esters is 1. The van der Waals surface area contributed by atoms with Crippen molar-refractivity contribution in [3.63, 3.8) is 0 Å². The number of carbonyl (C=O) groups is 2. The van der Waals surface area contributed by atoms with Crippen LogP contribution in [0.3, 0.4) is 0 Å². The summed E-state index contributed by atoms with van der Waals surface area (Å²) in [6.45, 7) is 4.84. The second-order valence-corrected chi connectivity index (χ2v) is 21.4. The molecule has 416 valence electrons. The number of aliphatic hydroxyl groups is 2. The van der Waals surface area contributed by atoms with E-state index in [0.29, 0.717) is 19.4 Å². The first-order valence-corrected chi connectivity index (χ1v) is 31.4. The molecular formula is C65H121NO5. The number of amides is 1. The fourth-order valence-corrected chi connectivity index (χ4v) is 9.49. The highest BCUT2D eigenvalue weighted by Gasteiger charge is 2.18. The summed E-state index contributed by atoms with van der Waals surface area (Å²) in [5.41, 5.74) is 0. The highest BCUT2D eigenvalue weighted by Crippen LogP contribution is 2.17. The molecule has 6 nitrogen and oxygen atoms in total. The van der Waals surface area contributed by atoms with E-state index in [9.17, 15) is 19.8 Å². The van der Waals surface area contributed by atoms with Crippen molar-refractivity contribution in [3.8, 4) is 0 Å². The van der Waals surface area contributed by atoms with Crippen molar-refractivity contribution in [3.05, 3.63) is 48.6 Å². The van der Waals surface area contributed by atoms with Crippen LogP contribution in [0.4, 0.5) is 0 Å². The highest BCUT2D eigenvalue weighted by molar-refractivity contribution is 5.76. The van der Waals surface area contributed by atoms with Crippen molar-refractivity contribution < 1.29 is 24.5 Å². The Morgan fingerprint density at radius 3 is 1.14 bits per heavy atom. The van der Waals surface area contributed by atoms with Crippen LogP contribution in [0, 0.1) is 0 Å². The summed E-state index contributed by atoms with van der Waals surface area (Å²) in [5.74, 6) is -0.0849. The van der Waals surface area contributed by atoms with Gasteiger partial charge < -0.3 is 20.3 Å². The Kier molecular flexibility index (Phi) is 58.5. The van der Waals surface area contributed by atoms with E-state index >= 15 is 0 Å². The summed E-state index contributed by atoms with van der Waals surface area (Å²) in [6.07, 6.45) is 77.2. The predicted octanol–water partition coefficient (Wildman–Crippen LogP) is 19.7. The Hall–Kier alpha value is -2.18. The van der Waals surface area contributed by atoms with E-state index in [1.165, 1.54) is 244 Å². The van der Waals surface area contributed by atoms with Gasteiger partial charge in [-0.05, 0) is 83.5 Å². The molecule has 0 aromatic carbocycles. The molecule has 1 amide bonds. The van der Waals surface area contributed by atoms with Gasteiger partial charge in [0.2, 0.25) is 5.91 Å². The first-order valence-electron chi connectivity index (χ1n) is 31.4. The van der Waals surface area contributed by atoms with Crippen LogP contribution in [0.5, 0.6) is 0 Å². The van der Waals surface area contributed by atoms with Crippen LogP contribution in [0.25, 0.3) is 0 Å². The van der Waals surface area contributed by atoms with Gasteiger partial charge in [-0.2, -0.15) is 0 Å². The normalized spacial score (nSPS) is 12.9. The number of carbonyl (C=O) groups excluding carboxylic acids is 2. The van der Waals surface area contributed by atoms with Gasteiger partial charge in [0, 0.05) is 12.8 Å². The quantitative estimate of drug-likeness (QED) is 0.0321. The summed E-state index contributed by atoms with van der Waals surface area (Å²) in [5, 5.41) is 23.2. The molecule has 2 unspecified atom stereocenters. The third-order valence-corrected chi connectivity index (χ3v) is 14.3. The largest absolute Gasteiger partial charge is 0.466 e. The minimum atomic E-state index is -0.852. The van der Waals surface area contributed by atoms with Gasteiger partial charge in [0.25, 0.3) is 0 Å². The maximum absolute atomic E-state index is 12.5. The zero-order chi connectivity index (χ0) is 51.4. The van der Waals surface area contributed by atoms with E-state index in [1.807, 2.05) is 6.08 Å². The van der Waals surface area contributed by atoms with Gasteiger partial charge in [0.15, 0.2) is 0 Å². The molecule has 0 saturated carbocycles. The van der Waals surface area contributed by atoms with Crippen LogP contribution >= 0.6 is 0 Å². The lowest BCUT2D eigenvalue weighted by molar-refractivity contribution is -0.143. The lowest BCUT2D eigenvalue weighted by Gasteiger charge is -2.20. The summed E-state index contributed by atoms with van der Waals surface area (Å²) in [7, 11) is 0. The second kappa shape index (κ2) is 60.4. The van der Waals surface area contributed by atoms with Crippen LogP contribution in [0.2, 0.25) is 0 Å². The smallest absolute Gasteiger partial charge is 0.305 e. The van der Waals surface area contributed by atoms with Gasteiger partial charge in [-0.25, -0.2) is 0 Å². The molecule has 0 radical (unpaired) electrons. The molecule has 0 spiro atoms. The molecule has 0 heterocycles. The van der Waals surface area contributed by atoms with Crippen LogP contribution in [0.15, 0.2) is 48.6 Å². The van der Waals surface area contributed by atoms with Crippen molar-refractivity contribution >= 4 is 11.9 Å². The van der Waals surface area contributed by atoms with Crippen LogP contribution in [-0.2, 0) is 14.3 Å². The van der Waals surface area contributed by atoms with Gasteiger partial charge in [0.05, 0.1) is 25.4 Å². The van der Waals surface area contributed by atoms with Gasteiger partial charge >= 0.3 is 5.97 Å². The molecule has 0 aromatic rings. The third-order valence-electron chi connectivity index (χ3n) is 14.3. The number of unbranched alkanes of at least 4 members (excludes halogenated alkanes) is 41. The Bertz CT molecular complexity index is 1190. The molecular weight excluding hydrogens is 875 g/mol. The van der Waals surface area contributed by atoms with Crippen LogP contribution < -0.4 is 5.32 Å². The minimum Gasteiger partial charge on any atom is -0.466 e. The van der Waals surface area contributed by atoms with Crippen molar-refractivity contribution in [1.29, 1.82) is 0 Å². The molecule has 0 rings (SSSR count). The standard InChI is InChI=1S/C65H121NO5/c1-3-5-7-9-11-13-15-17-18-19-20-21-24-27-30-34-37-41-45-49-53-57-63(68)62(61-67)66-64(69)58-54-50-46-42-38-35-31-28-25-22-23-26-29-32-36-40-44-48-52-56-60-71-65(70)59-55-51-47-43-39-33-16-14-12-10-8-6-4-2/h8,10,14,16,22,25,53,57,62-63,67-68H,3-7,9,11-13,15,17-21,23-24,26-52,54-56,58-61H2,1-2H3,(H,66,69)/b10-8-,16-14-,25-22-,57-53+. The number of ether oxygens (including phenoxy) is 1. The molecule has 3 N–H and O–H groups in total. The Labute approximate surface area is 442 Å². The number of hydrogen-bond donors (Lipinski definition) is 3. The number of nitrogens with one attached hydrogen (secondary N) is 1. The first kappa shape index (κ1) is 68.8. The van der Waals surface area contributed by atoms with Crippen molar-refractivity contribution in [2.45, 2.75) is 341 Å². The molecule has 0 bridgehead atoms. The summed E-state index contributed by atoms with van der Waals surface area (Å²) in [6, 6.07) is -0.636. The van der Waals surface area contributed by atoms with Gasteiger partial charge in [-0.3, -0.25) is 9.59 Å². The number of rotatable bonds is 58. The van der Waals surface area contributed by atoms with E-state index in [1.54, 1.807) is 6.08 Å². The Morgan fingerprint density at radius 1 is 0.394 bits per heavy atom. The maximum atomic E-state index is 12.5. The third kappa shape index (κ3) is 57.0. The second-order valence-electron chi connectivity index (χ2n) is 21.4. The highest BCUT2D eigenvalue weighted by atomic mass is 16.5. The van der Waals surface area contributed by atoms with Crippen molar-refractivity contribution in [1.82, 2.24) is 5.32 Å². The number of hydrogen-bond acceptors (Lipinski definition) is 5. The van der Waals surface area contributed by atoms with Crippen LogP contribution in [-0.4, -0.2) is 47.4 Å². The summed E-state index contributed by atoms with van der Waals surface area (Å²) >= 11 is 0. The number of aliphatic hydroxyl groups excluding tert-OH is 2. The predicted molar refractivity (Wildman–Crippen MR) is 310 cm³/mol. The summed E-state index contributed by atoms with van der Waals surface area (Å²) in [4.78, 5) is 24.5. The first-order chi connectivity index (χ1) is 35.0. The molecule has 2 atom stereocenters. The molecule has 0 saturated heterocycles. The SMILES string of the molecule is CCC/C=C\C/C=C\CCCCCCCC(=O)OCCCCCCCCCCC/C=C\CCCCCCCCCC(=O)NC(CO)C(O)/C=C/CCCCCCCCCCCCCCCCCCCCC. The molecule has 6 heteroatoms. The van der Waals surface area contributed by atoms with E-state index in [2.05, 4.69) is 55.6 Å². The molecule has 0 aromatic heterocycles. The lowest BCUT2D eigenvalue weighted by Crippen LogP contribution is -2.45. The zero-order valence-corrected chi connectivity index (χ0v) is 47.5. The van der Waals surface area contributed by atoms with Gasteiger partial charge in [-0.15, -0.1) is 0 Å². The molecule has 71 heavy (non-hydrogen) atoms. The molecule has 0 aliphatic heterocycles. The molecule has 0 aliphatic rings. The van der Waals surface area contributed by atoms with Gasteiger partial charge in [0.1, 0.15) is 0 Å². The van der Waals surface area contributed by atoms with E-state index in [4.69, 9.17) is 4.74 Å². The van der Waals surface area contributed by atoms with Crippen molar-refractivity contribution in [2.24, 2.45) is 0 Å². The van der Waals surface area contributed by atoms with E-state index in [0.717, 1.165) is 57.8 Å². The average molecular weight is 997 g/mol. The fraction of sp³-hybridized carbons (Fsp3) is 0.846. The lowest BCUT2D eigenvalue weighted by atomic mass is 10.0. The monoisotopic (exact) mass is 996 g/mol. The van der Waals surface area contributed by atoms with E-state index < -0.39 is 12.1 Å². The van der Waals surface area contributed by atoms with Crippen molar-refractivity contribution in [2.75, 3.05) is 13.2 Å². The molecule has 0 fully saturated rings. The minimum absolute atomic E-state index is 0.00998. The van der Waals surface area contributed by atoms with E-state index in [-0.39, 0.29) is 18.5 Å². The zero-order valence-electron chi connectivity index (χ0n) is 47.5. The summed E-state index contributed by atoms with van der Waals surface area (Å²) < 4.78 is 5.46. The maximum Gasteiger partial charge on any atom is 0.305 e. The van der Waals surface area contributed by atoms with Gasteiger partial charge in [-0.1, -0.05) is 281 Å². The Balaban J connectivity index is 3.48. The number of allylic oxidation sites excluding steroid dienone is 7. The Morgan fingerprint density at radius 2 is 0.732 bits per heavy atom. The van der Waals surface area contributed by atoms with Crippen LogP contribution in [0.1, 0.15) is 328 Å². The average Bonchev–Trinajstić information content (AvgIpc) is 3.37. The molecule has 0 aliphatic carbocycles.